The Morgan fingerprint density at radius 1 is 0.667 bits per heavy atom. The second-order valence-electron chi connectivity index (χ2n) is 6.31. The fourth-order valence-corrected chi connectivity index (χ4v) is 1.97. The van der Waals surface area contributed by atoms with Crippen molar-refractivity contribution in [2.75, 3.05) is 0 Å². The molecule has 0 aromatic carbocycles. The van der Waals surface area contributed by atoms with Gasteiger partial charge in [0.1, 0.15) is 12.1 Å². The van der Waals surface area contributed by atoms with Gasteiger partial charge in [-0.25, -0.2) is 4.79 Å². The molecule has 12 heteroatoms. The Kier molecular flexibility index (Phi) is 9.86. The Labute approximate surface area is 156 Å². The van der Waals surface area contributed by atoms with Gasteiger partial charge in [0.25, 0.3) is 0 Å². The van der Waals surface area contributed by atoms with E-state index in [1.165, 1.54) is 20.8 Å². The molecule has 9 N–H and O–H groups in total. The van der Waals surface area contributed by atoms with Gasteiger partial charge in [-0.2, -0.15) is 0 Å². The second kappa shape index (κ2) is 10.8. The lowest BCUT2D eigenvalue weighted by Crippen LogP contribution is -2.62. The standard InChI is InChI=1S/C15H28N4O8/c1-5(16)12(23)17-9(6(2)20)13(24)18-10(7(3)21)14(25)19-11(8(4)22)15(26)27/h5-11,20-22H,16H2,1-4H3,(H,17,23)(H,18,24)(H,19,25)(H,26,27). The van der Waals surface area contributed by atoms with Crippen LogP contribution >= 0.6 is 0 Å². The first kappa shape index (κ1) is 24.7. The third-order valence-corrected chi connectivity index (χ3v) is 3.59. The molecular formula is C15H28N4O8. The Bertz CT molecular complexity index is 550. The summed E-state index contributed by atoms with van der Waals surface area (Å²) in [7, 11) is 0. The largest absolute Gasteiger partial charge is 0.480 e. The first-order valence-corrected chi connectivity index (χ1v) is 8.23. The van der Waals surface area contributed by atoms with Crippen molar-refractivity contribution in [2.24, 2.45) is 5.73 Å². The Morgan fingerprint density at radius 2 is 0.963 bits per heavy atom. The number of aliphatic carboxylic acids is 1. The molecule has 0 saturated carbocycles. The van der Waals surface area contributed by atoms with Crippen LogP contribution in [0.25, 0.3) is 0 Å². The van der Waals surface area contributed by atoms with Crippen LogP contribution in [-0.4, -0.2) is 86.6 Å². The van der Waals surface area contributed by atoms with E-state index >= 15 is 0 Å². The molecule has 7 atom stereocenters. The zero-order valence-corrected chi connectivity index (χ0v) is 15.5. The molecule has 0 saturated heterocycles. The van der Waals surface area contributed by atoms with Crippen molar-refractivity contribution in [1.82, 2.24) is 16.0 Å². The summed E-state index contributed by atoms with van der Waals surface area (Å²) in [6.45, 7) is 4.89. The summed E-state index contributed by atoms with van der Waals surface area (Å²) in [4.78, 5) is 47.3. The van der Waals surface area contributed by atoms with Gasteiger partial charge in [0, 0.05) is 0 Å². The number of nitrogens with one attached hydrogen (secondary N) is 3. The predicted molar refractivity (Wildman–Crippen MR) is 92.1 cm³/mol. The van der Waals surface area contributed by atoms with Gasteiger partial charge in [-0.1, -0.05) is 0 Å². The molecule has 27 heavy (non-hydrogen) atoms. The summed E-state index contributed by atoms with van der Waals surface area (Å²) in [5.41, 5.74) is 5.38. The van der Waals surface area contributed by atoms with E-state index in [0.717, 1.165) is 6.92 Å². The van der Waals surface area contributed by atoms with Crippen molar-refractivity contribution in [3.05, 3.63) is 0 Å². The van der Waals surface area contributed by atoms with E-state index in [2.05, 4.69) is 10.6 Å². The van der Waals surface area contributed by atoms with Crippen LogP contribution in [0, 0.1) is 0 Å². The second-order valence-corrected chi connectivity index (χ2v) is 6.31. The van der Waals surface area contributed by atoms with Crippen LogP contribution in [0.4, 0.5) is 0 Å². The van der Waals surface area contributed by atoms with E-state index in [4.69, 9.17) is 10.8 Å². The van der Waals surface area contributed by atoms with Gasteiger partial charge < -0.3 is 42.1 Å². The maximum Gasteiger partial charge on any atom is 0.328 e. The molecule has 0 radical (unpaired) electrons. The summed E-state index contributed by atoms with van der Waals surface area (Å²) >= 11 is 0. The average Bonchev–Trinajstić information content (AvgIpc) is 2.52. The monoisotopic (exact) mass is 392 g/mol. The van der Waals surface area contributed by atoms with Crippen molar-refractivity contribution < 1.29 is 39.6 Å². The topological polar surface area (TPSA) is 211 Å². The minimum Gasteiger partial charge on any atom is -0.480 e. The third kappa shape index (κ3) is 7.86. The summed E-state index contributed by atoms with van der Waals surface area (Å²) in [6, 6.07) is -5.70. The van der Waals surface area contributed by atoms with Gasteiger partial charge in [-0.3, -0.25) is 14.4 Å². The lowest BCUT2D eigenvalue weighted by molar-refractivity contribution is -0.146. The van der Waals surface area contributed by atoms with Crippen LogP contribution in [0.3, 0.4) is 0 Å². The number of hydrogen-bond acceptors (Lipinski definition) is 8. The molecule has 0 spiro atoms. The molecule has 0 rings (SSSR count). The number of rotatable bonds is 10. The van der Waals surface area contributed by atoms with Crippen molar-refractivity contribution in [3.63, 3.8) is 0 Å². The predicted octanol–water partition coefficient (Wildman–Crippen LogP) is -3.98. The molecule has 7 unspecified atom stereocenters. The fraction of sp³-hybridized carbons (Fsp3) is 0.733. The molecule has 0 fully saturated rings. The zero-order valence-electron chi connectivity index (χ0n) is 15.5. The summed E-state index contributed by atoms with van der Waals surface area (Å²) in [5, 5.41) is 44.2. The highest BCUT2D eigenvalue weighted by molar-refractivity contribution is 5.94. The highest BCUT2D eigenvalue weighted by Crippen LogP contribution is 2.01. The van der Waals surface area contributed by atoms with Crippen LogP contribution in [0.2, 0.25) is 0 Å². The number of carbonyl (C=O) groups excluding carboxylic acids is 3. The van der Waals surface area contributed by atoms with Crippen molar-refractivity contribution in [1.29, 1.82) is 0 Å². The first-order valence-electron chi connectivity index (χ1n) is 8.23. The molecule has 0 heterocycles. The number of nitrogens with two attached hydrogens (primary N) is 1. The molecule has 0 bridgehead atoms. The highest BCUT2D eigenvalue weighted by Gasteiger charge is 2.34. The van der Waals surface area contributed by atoms with Crippen LogP contribution in [0.15, 0.2) is 0 Å². The highest BCUT2D eigenvalue weighted by atomic mass is 16.4. The summed E-state index contributed by atoms with van der Waals surface area (Å²) in [5.74, 6) is -4.31. The summed E-state index contributed by atoms with van der Waals surface area (Å²) in [6.07, 6.45) is -4.24. The quantitative estimate of drug-likeness (QED) is 0.182. The number of hydrogen-bond donors (Lipinski definition) is 8. The number of aliphatic hydroxyl groups excluding tert-OH is 3. The minimum absolute atomic E-state index is 0.728. The van der Waals surface area contributed by atoms with E-state index in [-0.39, 0.29) is 0 Å². The van der Waals surface area contributed by atoms with E-state index < -0.39 is 66.2 Å². The SMILES string of the molecule is CC(N)C(=O)NC(C(=O)NC(C(=O)NC(C(=O)O)C(C)O)C(C)O)C(C)O. The normalized spacial score (nSPS) is 18.8. The number of carboxylic acid groups (broad SMARTS) is 1. The summed E-state index contributed by atoms with van der Waals surface area (Å²) < 4.78 is 0. The van der Waals surface area contributed by atoms with Gasteiger partial charge in [0.05, 0.1) is 24.4 Å². The number of amides is 3. The van der Waals surface area contributed by atoms with Crippen LogP contribution < -0.4 is 21.7 Å². The number of aliphatic hydroxyl groups is 3. The maximum atomic E-state index is 12.3. The van der Waals surface area contributed by atoms with E-state index in [0.29, 0.717) is 0 Å². The maximum absolute atomic E-state index is 12.3. The van der Waals surface area contributed by atoms with Gasteiger partial charge in [0.15, 0.2) is 6.04 Å². The lowest BCUT2D eigenvalue weighted by Gasteiger charge is -2.27. The molecular weight excluding hydrogens is 364 g/mol. The first-order chi connectivity index (χ1) is 12.3. The molecule has 0 aromatic heterocycles. The average molecular weight is 392 g/mol. The number of carboxylic acids is 1. The van der Waals surface area contributed by atoms with Crippen LogP contribution in [0.1, 0.15) is 27.7 Å². The van der Waals surface area contributed by atoms with Gasteiger partial charge >= 0.3 is 5.97 Å². The van der Waals surface area contributed by atoms with Crippen molar-refractivity contribution in [3.8, 4) is 0 Å². The van der Waals surface area contributed by atoms with E-state index in [9.17, 15) is 34.5 Å². The van der Waals surface area contributed by atoms with Gasteiger partial charge in [0.2, 0.25) is 17.7 Å². The Morgan fingerprint density at radius 3 is 1.22 bits per heavy atom. The van der Waals surface area contributed by atoms with Crippen LogP contribution in [0.5, 0.6) is 0 Å². The lowest BCUT2D eigenvalue weighted by atomic mass is 10.1. The van der Waals surface area contributed by atoms with E-state index in [1.54, 1.807) is 0 Å². The van der Waals surface area contributed by atoms with Gasteiger partial charge in [-0.05, 0) is 27.7 Å². The minimum atomic E-state index is -1.67. The molecule has 0 aliphatic rings. The third-order valence-electron chi connectivity index (χ3n) is 3.59. The molecule has 0 aliphatic carbocycles. The zero-order chi connectivity index (χ0) is 21.5. The number of carbonyl (C=O) groups is 4. The Balaban J connectivity index is 5.30. The fourth-order valence-electron chi connectivity index (χ4n) is 1.97. The molecule has 3 amide bonds. The molecule has 0 aliphatic heterocycles. The molecule has 12 nitrogen and oxygen atoms in total. The van der Waals surface area contributed by atoms with Crippen LogP contribution in [-0.2, 0) is 19.2 Å². The van der Waals surface area contributed by atoms with Gasteiger partial charge in [-0.15, -0.1) is 0 Å². The Hall–Kier alpha value is -2.28. The smallest absolute Gasteiger partial charge is 0.328 e. The molecule has 156 valence electrons. The van der Waals surface area contributed by atoms with E-state index in [1.807, 2.05) is 5.32 Å². The van der Waals surface area contributed by atoms with Crippen molar-refractivity contribution in [2.45, 2.75) is 70.2 Å². The van der Waals surface area contributed by atoms with Crippen molar-refractivity contribution >= 4 is 23.7 Å². The molecule has 0 aromatic rings.